The molecule has 2 rings (SSSR count). The van der Waals surface area contributed by atoms with Gasteiger partial charge in [-0.25, -0.2) is 0 Å². The molecule has 2 aromatic rings. The van der Waals surface area contributed by atoms with Gasteiger partial charge in [0.2, 0.25) is 0 Å². The second kappa shape index (κ2) is 3.87. The van der Waals surface area contributed by atoms with Crippen molar-refractivity contribution in [1.82, 2.24) is 5.16 Å². The summed E-state index contributed by atoms with van der Waals surface area (Å²) in [6.07, 6.45) is 1.65. The summed E-state index contributed by atoms with van der Waals surface area (Å²) >= 11 is 0. The molecule has 0 saturated heterocycles. The molecule has 0 aliphatic heterocycles. The molecule has 1 heterocycles. The van der Waals surface area contributed by atoms with E-state index in [1.165, 1.54) is 5.56 Å². The maximum absolute atomic E-state index is 5.82. The number of nitrogens with two attached hydrogens (primary N) is 1. The van der Waals surface area contributed by atoms with E-state index in [4.69, 9.17) is 10.3 Å². The number of hydrogen-bond acceptors (Lipinski definition) is 3. The maximum Gasteiger partial charge on any atom is 0.132 e. The zero-order valence-electron chi connectivity index (χ0n) is 8.90. The van der Waals surface area contributed by atoms with Gasteiger partial charge >= 0.3 is 0 Å². The summed E-state index contributed by atoms with van der Waals surface area (Å²) in [6.45, 7) is 3.97. The van der Waals surface area contributed by atoms with Gasteiger partial charge in [-0.1, -0.05) is 29.4 Å². The summed E-state index contributed by atoms with van der Waals surface area (Å²) in [4.78, 5) is 0. The number of hydrogen-bond donors (Lipinski definition) is 1. The van der Waals surface area contributed by atoms with Crippen LogP contribution in [0, 0.1) is 6.92 Å². The van der Waals surface area contributed by atoms with Crippen molar-refractivity contribution in [3.8, 4) is 11.1 Å². The van der Waals surface area contributed by atoms with Gasteiger partial charge in [-0.2, -0.15) is 0 Å². The minimum Gasteiger partial charge on any atom is -0.364 e. The first kappa shape index (κ1) is 9.93. The number of rotatable bonds is 2. The number of benzene rings is 1. The molecule has 0 radical (unpaired) electrons. The Morgan fingerprint density at radius 1 is 1.27 bits per heavy atom. The monoisotopic (exact) mass is 202 g/mol. The Labute approximate surface area is 88.9 Å². The van der Waals surface area contributed by atoms with Gasteiger partial charge in [-0.15, -0.1) is 0 Å². The normalized spacial score (nSPS) is 12.7. The average molecular weight is 202 g/mol. The van der Waals surface area contributed by atoms with E-state index in [0.29, 0.717) is 0 Å². The molecule has 0 saturated carbocycles. The molecule has 1 aromatic heterocycles. The molecule has 2 N–H and O–H groups in total. The standard InChI is InChI=1S/C12H14N2O/c1-8-5-3-4-6-10(8)11-7-15-14-12(11)9(2)13/h3-7,9H,13H2,1-2H3. The SMILES string of the molecule is Cc1ccccc1-c1conc1C(C)N. The Balaban J connectivity index is 2.55. The summed E-state index contributed by atoms with van der Waals surface area (Å²) in [5.41, 5.74) is 9.95. The van der Waals surface area contributed by atoms with Gasteiger partial charge in [0.05, 0.1) is 0 Å². The summed E-state index contributed by atoms with van der Waals surface area (Å²) in [7, 11) is 0. The molecule has 0 fully saturated rings. The highest BCUT2D eigenvalue weighted by Crippen LogP contribution is 2.28. The molecule has 1 unspecified atom stereocenters. The fourth-order valence-corrected chi connectivity index (χ4v) is 1.65. The average Bonchev–Trinajstić information content (AvgIpc) is 2.67. The van der Waals surface area contributed by atoms with Crippen LogP contribution in [0.4, 0.5) is 0 Å². The van der Waals surface area contributed by atoms with Crippen LogP contribution in [0.2, 0.25) is 0 Å². The summed E-state index contributed by atoms with van der Waals surface area (Å²) in [5, 5.41) is 3.93. The minimum absolute atomic E-state index is 0.113. The van der Waals surface area contributed by atoms with Crippen LogP contribution in [0.1, 0.15) is 24.2 Å². The summed E-state index contributed by atoms with van der Waals surface area (Å²) < 4.78 is 4.99. The lowest BCUT2D eigenvalue weighted by atomic mass is 9.99. The molecule has 15 heavy (non-hydrogen) atoms. The van der Waals surface area contributed by atoms with Crippen molar-refractivity contribution in [3.05, 3.63) is 41.8 Å². The Bertz CT molecular complexity index is 460. The van der Waals surface area contributed by atoms with E-state index in [1.54, 1.807) is 6.26 Å². The largest absolute Gasteiger partial charge is 0.364 e. The minimum atomic E-state index is -0.113. The first-order valence-electron chi connectivity index (χ1n) is 4.96. The first-order chi connectivity index (χ1) is 7.20. The first-order valence-corrected chi connectivity index (χ1v) is 4.96. The highest BCUT2D eigenvalue weighted by atomic mass is 16.5. The van der Waals surface area contributed by atoms with E-state index in [2.05, 4.69) is 18.1 Å². The van der Waals surface area contributed by atoms with E-state index in [9.17, 15) is 0 Å². The molecule has 0 aliphatic rings. The molecule has 1 aromatic carbocycles. The Hall–Kier alpha value is -1.61. The molecule has 0 amide bonds. The summed E-state index contributed by atoms with van der Waals surface area (Å²) in [5.74, 6) is 0. The highest BCUT2D eigenvalue weighted by Gasteiger charge is 2.14. The lowest BCUT2D eigenvalue weighted by Crippen LogP contribution is -2.06. The molecular formula is C12H14N2O. The Morgan fingerprint density at radius 2 is 2.00 bits per heavy atom. The fraction of sp³-hybridized carbons (Fsp3) is 0.250. The van der Waals surface area contributed by atoms with Crippen LogP contribution in [-0.2, 0) is 0 Å². The van der Waals surface area contributed by atoms with Gasteiger partial charge in [-0.3, -0.25) is 0 Å². The molecule has 0 spiro atoms. The van der Waals surface area contributed by atoms with Crippen LogP contribution < -0.4 is 5.73 Å². The van der Waals surface area contributed by atoms with Gasteiger partial charge in [0, 0.05) is 11.6 Å². The third kappa shape index (κ3) is 1.78. The fourth-order valence-electron chi connectivity index (χ4n) is 1.65. The third-order valence-corrected chi connectivity index (χ3v) is 2.46. The van der Waals surface area contributed by atoms with E-state index >= 15 is 0 Å². The molecule has 0 aliphatic carbocycles. The van der Waals surface area contributed by atoms with E-state index in [1.807, 2.05) is 25.1 Å². The molecule has 3 heteroatoms. The zero-order chi connectivity index (χ0) is 10.8. The Kier molecular flexibility index (Phi) is 2.56. The van der Waals surface area contributed by atoms with Crippen molar-refractivity contribution < 1.29 is 4.52 Å². The topological polar surface area (TPSA) is 52.0 Å². The smallest absolute Gasteiger partial charge is 0.132 e. The van der Waals surface area contributed by atoms with Gasteiger partial charge in [0.15, 0.2) is 0 Å². The van der Waals surface area contributed by atoms with Crippen LogP contribution in [-0.4, -0.2) is 5.16 Å². The van der Waals surface area contributed by atoms with Gasteiger partial charge < -0.3 is 10.3 Å². The van der Waals surface area contributed by atoms with Crippen LogP contribution >= 0.6 is 0 Å². The third-order valence-electron chi connectivity index (χ3n) is 2.46. The van der Waals surface area contributed by atoms with Crippen molar-refractivity contribution >= 4 is 0 Å². The van der Waals surface area contributed by atoms with Gasteiger partial charge in [0.1, 0.15) is 12.0 Å². The lowest BCUT2D eigenvalue weighted by Gasteiger charge is -2.06. The quantitative estimate of drug-likeness (QED) is 0.814. The molecule has 3 nitrogen and oxygen atoms in total. The second-order valence-corrected chi connectivity index (χ2v) is 3.72. The van der Waals surface area contributed by atoms with Gasteiger partial charge in [-0.05, 0) is 25.0 Å². The van der Waals surface area contributed by atoms with Crippen LogP contribution in [0.3, 0.4) is 0 Å². The lowest BCUT2D eigenvalue weighted by molar-refractivity contribution is 0.407. The highest BCUT2D eigenvalue weighted by molar-refractivity contribution is 5.68. The predicted molar refractivity (Wildman–Crippen MR) is 59.3 cm³/mol. The van der Waals surface area contributed by atoms with Crippen molar-refractivity contribution in [2.24, 2.45) is 5.73 Å². The van der Waals surface area contributed by atoms with Crippen molar-refractivity contribution in [3.63, 3.8) is 0 Å². The number of aromatic nitrogens is 1. The predicted octanol–water partition coefficient (Wildman–Crippen LogP) is 2.67. The van der Waals surface area contributed by atoms with Crippen LogP contribution in [0.5, 0.6) is 0 Å². The maximum atomic E-state index is 5.82. The number of aryl methyl sites for hydroxylation is 1. The summed E-state index contributed by atoms with van der Waals surface area (Å²) in [6, 6.07) is 8.01. The molecule has 78 valence electrons. The second-order valence-electron chi connectivity index (χ2n) is 3.72. The Morgan fingerprint density at radius 3 is 2.67 bits per heavy atom. The van der Waals surface area contributed by atoms with Crippen molar-refractivity contribution in [1.29, 1.82) is 0 Å². The molecular weight excluding hydrogens is 188 g/mol. The molecule has 0 bridgehead atoms. The van der Waals surface area contributed by atoms with Crippen molar-refractivity contribution in [2.45, 2.75) is 19.9 Å². The number of nitrogens with zero attached hydrogens (tertiary/aromatic N) is 1. The van der Waals surface area contributed by atoms with E-state index < -0.39 is 0 Å². The van der Waals surface area contributed by atoms with E-state index in [-0.39, 0.29) is 6.04 Å². The van der Waals surface area contributed by atoms with Crippen molar-refractivity contribution in [2.75, 3.05) is 0 Å². The van der Waals surface area contributed by atoms with Crippen LogP contribution in [0.25, 0.3) is 11.1 Å². The van der Waals surface area contributed by atoms with Gasteiger partial charge in [0.25, 0.3) is 0 Å². The zero-order valence-corrected chi connectivity index (χ0v) is 8.90. The van der Waals surface area contributed by atoms with Crippen LogP contribution in [0.15, 0.2) is 35.1 Å². The molecule has 1 atom stereocenters. The van der Waals surface area contributed by atoms with E-state index in [0.717, 1.165) is 16.8 Å².